The van der Waals surface area contributed by atoms with Gasteiger partial charge < -0.3 is 0 Å². The molecule has 0 saturated heterocycles. The van der Waals surface area contributed by atoms with Crippen LogP contribution in [0, 0.1) is 0 Å². The lowest BCUT2D eigenvalue weighted by atomic mass is 10.1. The Kier molecular flexibility index (Phi) is 1.78. The molecular formula is C11H11N. The molecule has 1 aromatic rings. The van der Waals surface area contributed by atoms with Gasteiger partial charge >= 0.3 is 0 Å². The summed E-state index contributed by atoms with van der Waals surface area (Å²) >= 11 is 0. The second-order valence-corrected chi connectivity index (χ2v) is 2.97. The van der Waals surface area contributed by atoms with Gasteiger partial charge in [-0.2, -0.15) is 0 Å². The molecule has 0 aliphatic carbocycles. The second kappa shape index (κ2) is 2.94. The Morgan fingerprint density at radius 1 is 1.17 bits per heavy atom. The maximum atomic E-state index is 4.44. The molecule has 0 fully saturated rings. The van der Waals surface area contributed by atoms with Crippen LogP contribution in [0.4, 0.5) is 0 Å². The average molecular weight is 157 g/mol. The monoisotopic (exact) mass is 157 g/mol. The number of rotatable bonds is 1. The summed E-state index contributed by atoms with van der Waals surface area (Å²) in [5.74, 6) is 0. The molecule has 0 unspecified atom stereocenters. The van der Waals surface area contributed by atoms with E-state index in [1.54, 1.807) is 0 Å². The molecule has 0 amide bonds. The summed E-state index contributed by atoms with van der Waals surface area (Å²) in [5, 5.41) is 0. The van der Waals surface area contributed by atoms with Gasteiger partial charge in [0.2, 0.25) is 0 Å². The first-order valence-corrected chi connectivity index (χ1v) is 4.16. The molecule has 0 spiro atoms. The predicted octanol–water partition coefficient (Wildman–Crippen LogP) is 2.78. The molecular weight excluding hydrogens is 146 g/mol. The van der Waals surface area contributed by atoms with E-state index in [9.17, 15) is 0 Å². The van der Waals surface area contributed by atoms with Crippen LogP contribution in [-0.2, 0) is 0 Å². The van der Waals surface area contributed by atoms with Crippen LogP contribution in [0.15, 0.2) is 47.1 Å². The van der Waals surface area contributed by atoms with Crippen molar-refractivity contribution < 1.29 is 0 Å². The van der Waals surface area contributed by atoms with E-state index >= 15 is 0 Å². The minimum absolute atomic E-state index is 0.982. The fourth-order valence-electron chi connectivity index (χ4n) is 1.36. The van der Waals surface area contributed by atoms with Crippen LogP contribution in [0.5, 0.6) is 0 Å². The fraction of sp³-hybridized carbons (Fsp3) is 0.182. The molecule has 1 aromatic carbocycles. The third-order valence-electron chi connectivity index (χ3n) is 2.01. The number of benzene rings is 1. The summed E-state index contributed by atoms with van der Waals surface area (Å²) in [6, 6.07) is 10.3. The van der Waals surface area contributed by atoms with E-state index in [1.807, 2.05) is 25.1 Å². The van der Waals surface area contributed by atoms with Gasteiger partial charge in [-0.3, -0.25) is 4.99 Å². The van der Waals surface area contributed by atoms with Gasteiger partial charge in [0.05, 0.1) is 5.71 Å². The topological polar surface area (TPSA) is 12.4 Å². The average Bonchev–Trinajstić information content (AvgIpc) is 2.54. The molecule has 2 rings (SSSR count). The molecule has 1 nitrogen and oxygen atoms in total. The minimum atomic E-state index is 0.982. The zero-order chi connectivity index (χ0) is 8.39. The van der Waals surface area contributed by atoms with Crippen molar-refractivity contribution >= 4 is 5.71 Å². The minimum Gasteiger partial charge on any atom is -0.258 e. The third kappa shape index (κ3) is 1.30. The van der Waals surface area contributed by atoms with Crippen LogP contribution in [0.3, 0.4) is 0 Å². The summed E-state index contributed by atoms with van der Waals surface area (Å²) in [6.45, 7) is 2.04. The van der Waals surface area contributed by atoms with Crippen molar-refractivity contribution in [2.24, 2.45) is 4.99 Å². The van der Waals surface area contributed by atoms with E-state index in [1.165, 1.54) is 11.3 Å². The number of allylic oxidation sites excluding steroid dienone is 2. The largest absolute Gasteiger partial charge is 0.258 e. The molecule has 1 heteroatoms. The van der Waals surface area contributed by atoms with Crippen LogP contribution in [-0.4, -0.2) is 5.71 Å². The Balaban J connectivity index is 2.30. The van der Waals surface area contributed by atoms with Crippen LogP contribution in [0.1, 0.15) is 18.9 Å². The molecule has 1 aliphatic heterocycles. The second-order valence-electron chi connectivity index (χ2n) is 2.97. The van der Waals surface area contributed by atoms with Gasteiger partial charge in [-0.15, -0.1) is 0 Å². The van der Waals surface area contributed by atoms with E-state index in [4.69, 9.17) is 0 Å². The molecule has 0 atom stereocenters. The van der Waals surface area contributed by atoms with Gasteiger partial charge in [-0.1, -0.05) is 36.4 Å². The predicted molar refractivity (Wildman–Crippen MR) is 51.4 cm³/mol. The maximum Gasteiger partial charge on any atom is 0.0517 e. The quantitative estimate of drug-likeness (QED) is 0.594. The van der Waals surface area contributed by atoms with Gasteiger partial charge in [0.15, 0.2) is 0 Å². The third-order valence-corrected chi connectivity index (χ3v) is 2.01. The highest BCUT2D eigenvalue weighted by Crippen LogP contribution is 2.14. The van der Waals surface area contributed by atoms with E-state index in [2.05, 4.69) is 23.2 Å². The van der Waals surface area contributed by atoms with Gasteiger partial charge in [-0.05, 0) is 12.5 Å². The first-order valence-electron chi connectivity index (χ1n) is 4.16. The Morgan fingerprint density at radius 2 is 1.92 bits per heavy atom. The number of hydrogen-bond donors (Lipinski definition) is 0. The van der Waals surface area contributed by atoms with E-state index < -0.39 is 0 Å². The zero-order valence-electron chi connectivity index (χ0n) is 7.12. The van der Waals surface area contributed by atoms with Crippen molar-refractivity contribution in [3.63, 3.8) is 0 Å². The lowest BCUT2D eigenvalue weighted by Crippen LogP contribution is -1.94. The lowest BCUT2D eigenvalue weighted by Gasteiger charge is -1.97. The smallest absolute Gasteiger partial charge is 0.0517 e. The van der Waals surface area contributed by atoms with Gasteiger partial charge in [-0.25, -0.2) is 0 Å². The Hall–Kier alpha value is -1.37. The molecule has 60 valence electrons. The standard InChI is InChI=1S/C11H11N/c1-9-7-8-11(12-9)10-5-3-2-4-6-10/h2-7H,8H2,1H3. The van der Waals surface area contributed by atoms with Crippen LogP contribution in [0.25, 0.3) is 0 Å². The fourth-order valence-corrected chi connectivity index (χ4v) is 1.36. The Labute approximate surface area is 72.5 Å². The molecule has 0 saturated carbocycles. The highest BCUT2D eigenvalue weighted by atomic mass is 14.8. The highest BCUT2D eigenvalue weighted by molar-refractivity contribution is 6.03. The number of nitrogens with zero attached hydrogens (tertiary/aromatic N) is 1. The summed E-state index contributed by atoms with van der Waals surface area (Å²) in [5.41, 5.74) is 3.56. The summed E-state index contributed by atoms with van der Waals surface area (Å²) in [7, 11) is 0. The van der Waals surface area contributed by atoms with Crippen LogP contribution in [0.2, 0.25) is 0 Å². The van der Waals surface area contributed by atoms with Crippen LogP contribution >= 0.6 is 0 Å². The van der Waals surface area contributed by atoms with Crippen molar-refractivity contribution in [1.29, 1.82) is 0 Å². The summed E-state index contributed by atoms with van der Waals surface area (Å²) in [4.78, 5) is 4.44. The molecule has 0 bridgehead atoms. The molecule has 0 radical (unpaired) electrons. The Bertz CT molecular complexity index is 333. The number of hydrogen-bond acceptors (Lipinski definition) is 1. The van der Waals surface area contributed by atoms with E-state index in [0.717, 1.165) is 12.1 Å². The van der Waals surface area contributed by atoms with Crippen molar-refractivity contribution in [3.8, 4) is 0 Å². The van der Waals surface area contributed by atoms with Gasteiger partial charge in [0, 0.05) is 12.1 Å². The first-order chi connectivity index (χ1) is 5.86. The molecule has 1 aliphatic rings. The van der Waals surface area contributed by atoms with Crippen molar-refractivity contribution in [2.45, 2.75) is 13.3 Å². The lowest BCUT2D eigenvalue weighted by molar-refractivity contribution is 1.33. The molecule has 0 aromatic heterocycles. The van der Waals surface area contributed by atoms with Crippen molar-refractivity contribution in [3.05, 3.63) is 47.7 Å². The van der Waals surface area contributed by atoms with Crippen molar-refractivity contribution in [1.82, 2.24) is 0 Å². The van der Waals surface area contributed by atoms with Gasteiger partial charge in [0.1, 0.15) is 0 Å². The Morgan fingerprint density at radius 3 is 2.50 bits per heavy atom. The number of aliphatic imine (C=N–C) groups is 1. The molecule has 1 heterocycles. The molecule has 0 N–H and O–H groups in total. The summed E-state index contributed by atoms with van der Waals surface area (Å²) in [6.07, 6.45) is 3.14. The molecule has 12 heavy (non-hydrogen) atoms. The zero-order valence-corrected chi connectivity index (χ0v) is 7.12. The maximum absolute atomic E-state index is 4.44. The van der Waals surface area contributed by atoms with E-state index in [-0.39, 0.29) is 0 Å². The summed E-state index contributed by atoms with van der Waals surface area (Å²) < 4.78 is 0. The van der Waals surface area contributed by atoms with Crippen molar-refractivity contribution in [2.75, 3.05) is 0 Å². The van der Waals surface area contributed by atoms with Crippen LogP contribution < -0.4 is 0 Å². The normalized spacial score (nSPS) is 15.8. The first kappa shape index (κ1) is 7.29. The van der Waals surface area contributed by atoms with E-state index in [0.29, 0.717) is 0 Å². The SMILES string of the molecule is CC1=CCC(c2ccccc2)=N1. The highest BCUT2D eigenvalue weighted by Gasteiger charge is 2.06. The van der Waals surface area contributed by atoms with Gasteiger partial charge in [0.25, 0.3) is 0 Å².